The predicted molar refractivity (Wildman–Crippen MR) is 94.7 cm³/mol. The van der Waals surface area contributed by atoms with Crippen molar-refractivity contribution in [3.05, 3.63) is 28.8 Å². The number of aliphatic hydroxyl groups is 1. The van der Waals surface area contributed by atoms with E-state index in [0.29, 0.717) is 10.6 Å². The Morgan fingerprint density at radius 1 is 1.00 bits per heavy atom. The highest BCUT2D eigenvalue weighted by Gasteiger charge is 2.52. The third-order valence-corrected chi connectivity index (χ3v) is 4.99. The van der Waals surface area contributed by atoms with Crippen LogP contribution in [0.5, 0.6) is 0 Å². The quantitative estimate of drug-likeness (QED) is 0.823. The van der Waals surface area contributed by atoms with Gasteiger partial charge in [-0.3, -0.25) is 0 Å². The molecule has 2 fully saturated rings. The van der Waals surface area contributed by atoms with Gasteiger partial charge in [-0.15, -0.1) is 0 Å². The Bertz CT molecular complexity index is 518. The first kappa shape index (κ1) is 19.7. The summed E-state index contributed by atoms with van der Waals surface area (Å²) in [5.41, 5.74) is 0.664. The summed E-state index contributed by atoms with van der Waals surface area (Å²) in [5, 5.41) is 9.74. The van der Waals surface area contributed by atoms with Gasteiger partial charge in [0.05, 0.1) is 44.2 Å². The van der Waals surface area contributed by atoms with Crippen LogP contribution >= 0.6 is 11.6 Å². The zero-order valence-electron chi connectivity index (χ0n) is 14.8. The molecule has 3 rings (SSSR count). The van der Waals surface area contributed by atoms with Crippen molar-refractivity contribution in [2.24, 2.45) is 0 Å². The Labute approximate surface area is 149 Å². The lowest BCUT2D eigenvalue weighted by molar-refractivity contribution is -0.0334. The lowest BCUT2D eigenvalue weighted by Crippen LogP contribution is -2.41. The fourth-order valence-corrected chi connectivity index (χ4v) is 2.59. The van der Waals surface area contributed by atoms with Gasteiger partial charge >= 0.3 is 7.12 Å². The topological polar surface area (TPSA) is 57.2 Å². The highest BCUT2D eigenvalue weighted by molar-refractivity contribution is 6.65. The van der Waals surface area contributed by atoms with Crippen molar-refractivity contribution < 1.29 is 23.9 Å². The van der Waals surface area contributed by atoms with Gasteiger partial charge in [-0.1, -0.05) is 29.8 Å². The van der Waals surface area contributed by atoms with Gasteiger partial charge in [0.15, 0.2) is 0 Å². The molecule has 5 nitrogen and oxygen atoms in total. The van der Waals surface area contributed by atoms with Crippen LogP contribution in [0.2, 0.25) is 5.02 Å². The molecule has 0 unspecified atom stereocenters. The molecule has 0 spiro atoms. The predicted octanol–water partition coefficient (Wildman–Crippen LogP) is 2.16. The van der Waals surface area contributed by atoms with Crippen LogP contribution in [0.3, 0.4) is 0 Å². The fraction of sp³-hybridized carbons (Fsp3) is 0.647. The van der Waals surface area contributed by atoms with Crippen LogP contribution in [0.15, 0.2) is 18.2 Å². The third kappa shape index (κ3) is 4.51. The van der Waals surface area contributed by atoms with E-state index in [1.54, 1.807) is 6.07 Å². The third-order valence-electron chi connectivity index (χ3n) is 4.53. The summed E-state index contributed by atoms with van der Waals surface area (Å²) in [6.45, 7) is 11.0. The van der Waals surface area contributed by atoms with Crippen molar-refractivity contribution in [1.82, 2.24) is 0 Å². The van der Waals surface area contributed by atoms with E-state index in [9.17, 15) is 5.11 Å². The molecule has 0 amide bonds. The molecule has 2 aliphatic heterocycles. The van der Waals surface area contributed by atoms with Crippen molar-refractivity contribution in [3.8, 4) is 0 Å². The van der Waals surface area contributed by atoms with Crippen molar-refractivity contribution >= 4 is 24.2 Å². The number of rotatable bonds is 2. The van der Waals surface area contributed by atoms with Gasteiger partial charge in [0.2, 0.25) is 0 Å². The first-order chi connectivity index (χ1) is 11.3. The molecule has 0 aromatic heterocycles. The van der Waals surface area contributed by atoms with Gasteiger partial charge in [-0.2, -0.15) is 0 Å². The second-order valence-electron chi connectivity index (χ2n) is 6.79. The Morgan fingerprint density at radius 2 is 1.50 bits per heavy atom. The first-order valence-corrected chi connectivity index (χ1v) is 8.55. The minimum absolute atomic E-state index is 0.0911. The zero-order valence-corrected chi connectivity index (χ0v) is 15.6. The Morgan fingerprint density at radius 3 is 1.92 bits per heavy atom. The summed E-state index contributed by atoms with van der Waals surface area (Å²) in [5.74, 6) is 0. The maximum Gasteiger partial charge on any atom is 0.496 e. The molecule has 0 radical (unpaired) electrons. The van der Waals surface area contributed by atoms with E-state index in [1.807, 2.05) is 39.8 Å². The van der Waals surface area contributed by atoms with Gasteiger partial charge in [-0.05, 0) is 33.3 Å². The molecular weight excluding hydrogens is 330 g/mol. The Hall–Kier alpha value is -0.625. The number of aliphatic hydroxyl groups excluding tert-OH is 1. The molecule has 2 aliphatic rings. The van der Waals surface area contributed by atoms with Crippen LogP contribution in [0.4, 0.5) is 0 Å². The molecule has 1 aromatic rings. The largest absolute Gasteiger partial charge is 0.496 e. The van der Waals surface area contributed by atoms with Gasteiger partial charge in [0.25, 0.3) is 0 Å². The zero-order chi connectivity index (χ0) is 17.8. The minimum atomic E-state index is -0.492. The number of halogens is 1. The first-order valence-electron chi connectivity index (χ1n) is 8.18. The van der Waals surface area contributed by atoms with Gasteiger partial charge in [0.1, 0.15) is 0 Å². The van der Waals surface area contributed by atoms with E-state index in [-0.39, 0.29) is 6.61 Å². The van der Waals surface area contributed by atoms with Crippen LogP contribution in [0.1, 0.15) is 33.3 Å². The Kier molecular flexibility index (Phi) is 6.70. The summed E-state index contributed by atoms with van der Waals surface area (Å²) in [6, 6.07) is 5.50. The molecule has 1 N–H and O–H groups in total. The standard InChI is InChI=1S/C13H18BClO3.C4H8O2/c1-12(2)13(3,4)18-14(17-12)10-7-5-6-9(8-16)11(10)15;1-2-6-4-3-5-1/h5-7,16H,8H2,1-4H3;1-4H2. The smallest absolute Gasteiger partial charge is 0.399 e. The van der Waals surface area contributed by atoms with E-state index < -0.39 is 18.3 Å². The van der Waals surface area contributed by atoms with E-state index in [4.69, 9.17) is 30.4 Å². The molecule has 0 atom stereocenters. The molecule has 7 heteroatoms. The lowest BCUT2D eigenvalue weighted by Gasteiger charge is -2.32. The van der Waals surface area contributed by atoms with Crippen LogP contribution in [-0.2, 0) is 25.4 Å². The molecule has 0 saturated carbocycles. The van der Waals surface area contributed by atoms with Crippen LogP contribution in [0, 0.1) is 0 Å². The van der Waals surface area contributed by atoms with Crippen molar-refractivity contribution in [1.29, 1.82) is 0 Å². The van der Waals surface area contributed by atoms with Crippen molar-refractivity contribution in [3.63, 3.8) is 0 Å². The molecule has 2 heterocycles. The van der Waals surface area contributed by atoms with Crippen LogP contribution in [0.25, 0.3) is 0 Å². The molecule has 24 heavy (non-hydrogen) atoms. The molecule has 2 saturated heterocycles. The molecule has 0 bridgehead atoms. The monoisotopic (exact) mass is 356 g/mol. The molecule has 0 aliphatic carbocycles. The van der Waals surface area contributed by atoms with Gasteiger partial charge < -0.3 is 23.9 Å². The SMILES string of the molecule is C1COCCO1.CC1(C)OB(c2cccc(CO)c2Cl)OC1(C)C. The van der Waals surface area contributed by atoms with E-state index >= 15 is 0 Å². The summed E-state index contributed by atoms with van der Waals surface area (Å²) in [6.07, 6.45) is 0. The summed E-state index contributed by atoms with van der Waals surface area (Å²) < 4.78 is 21.8. The van der Waals surface area contributed by atoms with Crippen LogP contribution < -0.4 is 5.46 Å². The maximum atomic E-state index is 9.22. The second-order valence-corrected chi connectivity index (χ2v) is 7.17. The summed E-state index contributed by atoms with van der Waals surface area (Å²) in [4.78, 5) is 0. The summed E-state index contributed by atoms with van der Waals surface area (Å²) in [7, 11) is -0.492. The van der Waals surface area contributed by atoms with Gasteiger partial charge in [0, 0.05) is 10.5 Å². The number of benzene rings is 1. The number of ether oxygens (including phenoxy) is 2. The minimum Gasteiger partial charge on any atom is -0.399 e. The molecule has 1 aromatic carbocycles. The maximum absolute atomic E-state index is 9.22. The second kappa shape index (κ2) is 8.17. The van der Waals surface area contributed by atoms with Crippen molar-refractivity contribution in [2.75, 3.05) is 26.4 Å². The lowest BCUT2D eigenvalue weighted by atomic mass is 9.78. The van der Waals surface area contributed by atoms with Crippen LogP contribution in [-0.4, -0.2) is 49.9 Å². The van der Waals surface area contributed by atoms with E-state index in [0.717, 1.165) is 31.9 Å². The van der Waals surface area contributed by atoms with Gasteiger partial charge in [-0.25, -0.2) is 0 Å². The van der Waals surface area contributed by atoms with E-state index in [2.05, 4.69) is 0 Å². The van der Waals surface area contributed by atoms with E-state index in [1.165, 1.54) is 0 Å². The number of hydrogen-bond acceptors (Lipinski definition) is 5. The summed E-state index contributed by atoms with van der Waals surface area (Å²) >= 11 is 6.26. The fourth-order valence-electron chi connectivity index (χ4n) is 2.31. The Balaban J connectivity index is 0.000000292. The number of hydrogen-bond donors (Lipinski definition) is 1. The molecule has 134 valence electrons. The van der Waals surface area contributed by atoms with Crippen molar-refractivity contribution in [2.45, 2.75) is 45.5 Å². The average molecular weight is 357 g/mol. The highest BCUT2D eigenvalue weighted by atomic mass is 35.5. The normalized spacial score (nSPS) is 22.0. The highest BCUT2D eigenvalue weighted by Crippen LogP contribution is 2.37. The molecular formula is C17H26BClO5. The average Bonchev–Trinajstić information content (AvgIpc) is 2.77.